The van der Waals surface area contributed by atoms with Gasteiger partial charge in [-0.3, -0.25) is 0 Å². The second-order valence-corrected chi connectivity index (χ2v) is 5.14. The lowest BCUT2D eigenvalue weighted by molar-refractivity contribution is 0.465. The molecule has 0 bridgehead atoms. The molecular weight excluding hydrogens is 224 g/mol. The van der Waals surface area contributed by atoms with Crippen molar-refractivity contribution < 1.29 is 5.11 Å². The molecule has 3 heteroatoms. The van der Waals surface area contributed by atoms with E-state index in [-0.39, 0.29) is 0 Å². The van der Waals surface area contributed by atoms with E-state index in [1.54, 1.807) is 12.1 Å². The van der Waals surface area contributed by atoms with Crippen LogP contribution in [0.1, 0.15) is 42.8 Å². The summed E-state index contributed by atoms with van der Waals surface area (Å²) in [4.78, 5) is 4.57. The van der Waals surface area contributed by atoms with Crippen LogP contribution in [0.25, 0.3) is 0 Å². The zero-order valence-electron chi connectivity index (χ0n) is 10.6. The number of phenols is 1. The van der Waals surface area contributed by atoms with E-state index in [2.05, 4.69) is 16.5 Å². The number of aromatic hydroxyl groups is 1. The fourth-order valence-electron chi connectivity index (χ4n) is 2.72. The van der Waals surface area contributed by atoms with Gasteiger partial charge < -0.3 is 9.67 Å². The molecule has 1 atom stereocenters. The maximum Gasteiger partial charge on any atom is 0.115 e. The van der Waals surface area contributed by atoms with Gasteiger partial charge in [0.2, 0.25) is 0 Å². The van der Waals surface area contributed by atoms with Gasteiger partial charge in [0, 0.05) is 24.9 Å². The molecule has 94 valence electrons. The third-order valence-corrected chi connectivity index (χ3v) is 3.79. The van der Waals surface area contributed by atoms with Gasteiger partial charge in [-0.05, 0) is 36.5 Å². The normalized spacial score (nSPS) is 18.6. The summed E-state index contributed by atoms with van der Waals surface area (Å²) in [6, 6.07) is 7.39. The zero-order chi connectivity index (χ0) is 12.5. The molecule has 0 fully saturated rings. The summed E-state index contributed by atoms with van der Waals surface area (Å²) in [7, 11) is 0. The van der Waals surface area contributed by atoms with Gasteiger partial charge in [-0.1, -0.05) is 19.1 Å². The fraction of sp³-hybridized carbons (Fsp3) is 0.400. The summed E-state index contributed by atoms with van der Waals surface area (Å²) in [6.07, 6.45) is 5.38. The Morgan fingerprint density at radius 3 is 2.89 bits per heavy atom. The summed E-state index contributed by atoms with van der Waals surface area (Å²) < 4.78 is 2.36. The highest BCUT2D eigenvalue weighted by atomic mass is 16.3. The van der Waals surface area contributed by atoms with Crippen molar-refractivity contribution in [2.45, 2.75) is 38.6 Å². The Balaban J connectivity index is 1.87. The van der Waals surface area contributed by atoms with Crippen LogP contribution in [0.2, 0.25) is 0 Å². The number of imidazole rings is 1. The third kappa shape index (κ3) is 2.01. The van der Waals surface area contributed by atoms with Crippen LogP contribution in [0.4, 0.5) is 0 Å². The Morgan fingerprint density at radius 2 is 2.11 bits per heavy atom. The number of hydrogen-bond donors (Lipinski definition) is 1. The molecule has 1 aliphatic rings. The molecule has 0 spiro atoms. The monoisotopic (exact) mass is 242 g/mol. The van der Waals surface area contributed by atoms with Gasteiger partial charge in [0.25, 0.3) is 0 Å². The number of aromatic nitrogens is 2. The summed E-state index contributed by atoms with van der Waals surface area (Å²) in [5.41, 5.74) is 2.56. The number of fused-ring (bicyclic) bond motifs is 1. The number of rotatable bonds is 2. The molecule has 0 amide bonds. The van der Waals surface area contributed by atoms with Crippen LogP contribution in [0, 0.1) is 0 Å². The maximum atomic E-state index is 9.29. The molecule has 1 aromatic heterocycles. The Kier molecular flexibility index (Phi) is 2.82. The Bertz CT molecular complexity index is 542. The minimum absolute atomic E-state index is 0.317. The van der Waals surface area contributed by atoms with Crippen LogP contribution in [-0.2, 0) is 13.0 Å². The number of hydrogen-bond acceptors (Lipinski definition) is 2. The van der Waals surface area contributed by atoms with Gasteiger partial charge in [-0.25, -0.2) is 4.98 Å². The SMILES string of the molecule is CC1CCCn2c1cnc2Cc1ccc(O)cc1. The van der Waals surface area contributed by atoms with Gasteiger partial charge in [-0.15, -0.1) is 0 Å². The van der Waals surface area contributed by atoms with E-state index >= 15 is 0 Å². The first-order valence-corrected chi connectivity index (χ1v) is 6.56. The summed E-state index contributed by atoms with van der Waals surface area (Å²) in [5, 5.41) is 9.29. The van der Waals surface area contributed by atoms with E-state index < -0.39 is 0 Å². The molecule has 1 aromatic carbocycles. The average molecular weight is 242 g/mol. The minimum Gasteiger partial charge on any atom is -0.508 e. The predicted molar refractivity (Wildman–Crippen MR) is 70.8 cm³/mol. The first-order valence-electron chi connectivity index (χ1n) is 6.56. The van der Waals surface area contributed by atoms with Gasteiger partial charge in [-0.2, -0.15) is 0 Å². The van der Waals surface area contributed by atoms with Crippen molar-refractivity contribution in [3.05, 3.63) is 47.5 Å². The van der Waals surface area contributed by atoms with Crippen molar-refractivity contribution in [1.29, 1.82) is 0 Å². The van der Waals surface area contributed by atoms with E-state index in [9.17, 15) is 5.11 Å². The Labute approximate surface area is 107 Å². The van der Waals surface area contributed by atoms with Crippen molar-refractivity contribution in [2.75, 3.05) is 0 Å². The van der Waals surface area contributed by atoms with E-state index in [0.717, 1.165) is 18.8 Å². The Hall–Kier alpha value is -1.77. The molecule has 2 aromatic rings. The lowest BCUT2D eigenvalue weighted by Gasteiger charge is -2.22. The molecule has 0 saturated heterocycles. The highest BCUT2D eigenvalue weighted by molar-refractivity contribution is 5.28. The highest BCUT2D eigenvalue weighted by Crippen LogP contribution is 2.28. The van der Waals surface area contributed by atoms with Crippen molar-refractivity contribution in [3.8, 4) is 5.75 Å². The van der Waals surface area contributed by atoms with Crippen LogP contribution < -0.4 is 0 Å². The predicted octanol–water partition coefficient (Wildman–Crippen LogP) is 3.08. The van der Waals surface area contributed by atoms with Gasteiger partial charge in [0.1, 0.15) is 11.6 Å². The zero-order valence-corrected chi connectivity index (χ0v) is 10.6. The molecule has 2 heterocycles. The quantitative estimate of drug-likeness (QED) is 0.878. The lowest BCUT2D eigenvalue weighted by Crippen LogP contribution is -2.15. The topological polar surface area (TPSA) is 38.0 Å². The van der Waals surface area contributed by atoms with E-state index in [4.69, 9.17) is 0 Å². The maximum absolute atomic E-state index is 9.29. The largest absolute Gasteiger partial charge is 0.508 e. The van der Waals surface area contributed by atoms with Crippen LogP contribution in [0.15, 0.2) is 30.5 Å². The van der Waals surface area contributed by atoms with Crippen LogP contribution in [0.5, 0.6) is 5.75 Å². The molecule has 1 aliphatic heterocycles. The molecule has 0 aliphatic carbocycles. The number of phenolic OH excluding ortho intramolecular Hbond substituents is 1. The van der Waals surface area contributed by atoms with Crippen LogP contribution in [0.3, 0.4) is 0 Å². The van der Waals surface area contributed by atoms with Crippen LogP contribution >= 0.6 is 0 Å². The van der Waals surface area contributed by atoms with Crippen molar-refractivity contribution in [3.63, 3.8) is 0 Å². The number of nitrogens with zero attached hydrogens (tertiary/aromatic N) is 2. The summed E-state index contributed by atoms with van der Waals surface area (Å²) in [5.74, 6) is 2.08. The third-order valence-electron chi connectivity index (χ3n) is 3.79. The molecule has 0 radical (unpaired) electrons. The smallest absolute Gasteiger partial charge is 0.115 e. The first kappa shape index (κ1) is 11.3. The van der Waals surface area contributed by atoms with Gasteiger partial charge >= 0.3 is 0 Å². The molecular formula is C15H18N2O. The molecule has 18 heavy (non-hydrogen) atoms. The van der Waals surface area contributed by atoms with Crippen LogP contribution in [-0.4, -0.2) is 14.7 Å². The van der Waals surface area contributed by atoms with Crippen molar-refractivity contribution in [1.82, 2.24) is 9.55 Å². The molecule has 0 saturated carbocycles. The van der Waals surface area contributed by atoms with Crippen molar-refractivity contribution >= 4 is 0 Å². The molecule has 3 nitrogen and oxygen atoms in total. The van der Waals surface area contributed by atoms with Crippen molar-refractivity contribution in [2.24, 2.45) is 0 Å². The highest BCUT2D eigenvalue weighted by Gasteiger charge is 2.19. The standard InChI is InChI=1S/C15H18N2O/c1-11-3-2-8-17-14(11)10-16-15(17)9-12-4-6-13(18)7-5-12/h4-7,10-11,18H,2-3,8-9H2,1H3. The lowest BCUT2D eigenvalue weighted by atomic mass is 9.98. The molecule has 3 rings (SSSR count). The second kappa shape index (κ2) is 4.48. The first-order chi connectivity index (χ1) is 8.74. The summed E-state index contributed by atoms with van der Waals surface area (Å²) >= 11 is 0. The fourth-order valence-corrected chi connectivity index (χ4v) is 2.72. The van der Waals surface area contributed by atoms with Gasteiger partial charge in [0.05, 0.1) is 0 Å². The minimum atomic E-state index is 0.317. The molecule has 1 N–H and O–H groups in total. The number of benzene rings is 1. The summed E-state index contributed by atoms with van der Waals surface area (Å²) in [6.45, 7) is 3.37. The molecule has 1 unspecified atom stereocenters. The second-order valence-electron chi connectivity index (χ2n) is 5.14. The van der Waals surface area contributed by atoms with E-state index in [0.29, 0.717) is 11.7 Å². The van der Waals surface area contributed by atoms with E-state index in [1.807, 2.05) is 18.3 Å². The average Bonchev–Trinajstić information content (AvgIpc) is 2.77. The van der Waals surface area contributed by atoms with Gasteiger partial charge in [0.15, 0.2) is 0 Å². The Morgan fingerprint density at radius 1 is 1.33 bits per heavy atom. The van der Waals surface area contributed by atoms with E-state index in [1.165, 1.54) is 24.1 Å².